The predicted molar refractivity (Wildman–Crippen MR) is 289 cm³/mol. The Morgan fingerprint density at radius 2 is 0.947 bits per heavy atom. The van der Waals surface area contributed by atoms with Gasteiger partial charge in [-0.15, -0.1) is 0 Å². The number of rotatable bonds is 29. The summed E-state index contributed by atoms with van der Waals surface area (Å²) in [7, 11) is 0. The highest BCUT2D eigenvalue weighted by Gasteiger charge is 2.36. The van der Waals surface area contributed by atoms with Crippen molar-refractivity contribution in [3.63, 3.8) is 0 Å². The van der Waals surface area contributed by atoms with Gasteiger partial charge in [-0.3, -0.25) is 38.4 Å². The van der Waals surface area contributed by atoms with Gasteiger partial charge in [-0.2, -0.15) is 25.3 Å². The summed E-state index contributed by atoms with van der Waals surface area (Å²) in [5.41, 5.74) is 21.1. The third-order valence-electron chi connectivity index (χ3n) is 12.5. The zero-order valence-electron chi connectivity index (χ0n) is 41.6. The second-order valence-electron chi connectivity index (χ2n) is 18.2. The monoisotopic (exact) mass is 1070 g/mol. The number of para-hydroxylation sites is 2. The van der Waals surface area contributed by atoms with Crippen LogP contribution in [-0.2, 0) is 57.6 Å². The van der Waals surface area contributed by atoms with Crippen LogP contribution in [0.1, 0.15) is 49.8 Å². The number of nitrogens with one attached hydrogen (secondary N) is 9. The van der Waals surface area contributed by atoms with Crippen LogP contribution in [0.2, 0.25) is 0 Å². The van der Waals surface area contributed by atoms with Crippen molar-refractivity contribution < 1.29 is 48.6 Å². The van der Waals surface area contributed by atoms with Crippen LogP contribution >= 0.6 is 25.3 Å². The molecule has 22 nitrogen and oxygen atoms in total. The number of primary amides is 1. The topological polar surface area (TPSA) is 371 Å². The zero-order chi connectivity index (χ0) is 54.8. The molecule has 8 amide bonds. The number of aromatic amines is 2. The van der Waals surface area contributed by atoms with Crippen molar-refractivity contribution in [3.8, 4) is 0 Å². The number of amides is 8. The molecule has 0 bridgehead atoms. The molecule has 404 valence electrons. The number of benzene rings is 3. The number of fused-ring (bicyclic) bond motifs is 2. The summed E-state index contributed by atoms with van der Waals surface area (Å²) < 4.78 is 0. The summed E-state index contributed by atoms with van der Waals surface area (Å²) in [6.07, 6.45) is 1.22. The molecule has 0 aliphatic heterocycles. The molecule has 0 saturated carbocycles. The maximum atomic E-state index is 14.7. The number of carbonyl (C=O) groups excluding carboxylic acids is 8. The normalized spacial score (nSPS) is 15.4. The van der Waals surface area contributed by atoms with E-state index in [0.29, 0.717) is 24.0 Å². The molecule has 3 aromatic carbocycles. The lowest BCUT2D eigenvalue weighted by molar-refractivity contribution is -0.137. The highest BCUT2D eigenvalue weighted by Crippen LogP contribution is 2.21. The average Bonchev–Trinajstić information content (AvgIpc) is 4.00. The van der Waals surface area contributed by atoms with Crippen molar-refractivity contribution in [2.75, 3.05) is 18.1 Å². The summed E-state index contributed by atoms with van der Waals surface area (Å²) in [5, 5.41) is 40.3. The Morgan fingerprint density at radius 1 is 0.520 bits per heavy atom. The van der Waals surface area contributed by atoms with Gasteiger partial charge in [-0.05, 0) is 74.9 Å². The molecule has 5 aromatic rings. The molecule has 17 N–H and O–H groups in total. The van der Waals surface area contributed by atoms with Crippen molar-refractivity contribution in [2.24, 2.45) is 17.2 Å². The van der Waals surface area contributed by atoms with Crippen molar-refractivity contribution in [3.05, 3.63) is 108 Å². The third kappa shape index (κ3) is 16.8. The van der Waals surface area contributed by atoms with Crippen LogP contribution in [0.25, 0.3) is 21.8 Å². The van der Waals surface area contributed by atoms with Gasteiger partial charge in [0, 0.05) is 58.5 Å². The van der Waals surface area contributed by atoms with Crippen molar-refractivity contribution in [1.29, 1.82) is 0 Å². The van der Waals surface area contributed by atoms with Crippen LogP contribution in [0, 0.1) is 0 Å². The average molecular weight is 1070 g/mol. The van der Waals surface area contributed by atoms with E-state index in [9.17, 15) is 48.6 Å². The van der Waals surface area contributed by atoms with E-state index in [0.717, 1.165) is 27.4 Å². The van der Waals surface area contributed by atoms with Crippen LogP contribution in [0.5, 0.6) is 0 Å². The molecule has 0 unspecified atom stereocenters. The van der Waals surface area contributed by atoms with E-state index >= 15 is 0 Å². The van der Waals surface area contributed by atoms with Crippen LogP contribution in [-0.4, -0.2) is 146 Å². The molecule has 0 aliphatic rings. The number of unbranched alkanes of at least 4 members (excludes halogenated alkanes) is 1. The van der Waals surface area contributed by atoms with Crippen LogP contribution < -0.4 is 54.4 Å². The number of hydrogen-bond acceptors (Lipinski definition) is 14. The first-order chi connectivity index (χ1) is 35.8. The molecule has 10 atom stereocenters. The second kappa shape index (κ2) is 28.6. The molecule has 2 aromatic heterocycles. The zero-order valence-corrected chi connectivity index (χ0v) is 43.4. The number of aliphatic hydroxyl groups excluding tert-OH is 2. The fourth-order valence-corrected chi connectivity index (χ4v) is 8.78. The van der Waals surface area contributed by atoms with Gasteiger partial charge in [-0.25, -0.2) is 0 Å². The molecular weight excluding hydrogens is 1000 g/mol. The molecule has 0 radical (unpaired) electrons. The Hall–Kier alpha value is -6.96. The molecule has 0 aliphatic carbocycles. The van der Waals surface area contributed by atoms with E-state index in [2.05, 4.69) is 72.4 Å². The number of hydrogen-bond donors (Lipinski definition) is 16. The van der Waals surface area contributed by atoms with Gasteiger partial charge in [0.25, 0.3) is 0 Å². The summed E-state index contributed by atoms with van der Waals surface area (Å²) >= 11 is 8.47. The second-order valence-corrected chi connectivity index (χ2v) is 19.0. The van der Waals surface area contributed by atoms with Gasteiger partial charge in [0.2, 0.25) is 47.3 Å². The summed E-state index contributed by atoms with van der Waals surface area (Å²) in [5.74, 6) is -7.40. The first kappa shape index (κ1) is 58.9. The fourth-order valence-electron chi connectivity index (χ4n) is 8.27. The van der Waals surface area contributed by atoms with E-state index in [-0.39, 0.29) is 43.7 Å². The Labute approximate surface area is 444 Å². The summed E-state index contributed by atoms with van der Waals surface area (Å²) in [6, 6.07) is 12.6. The predicted octanol–water partition coefficient (Wildman–Crippen LogP) is -1.37. The Morgan fingerprint density at radius 3 is 1.47 bits per heavy atom. The van der Waals surface area contributed by atoms with Gasteiger partial charge in [0.05, 0.1) is 18.2 Å². The highest BCUT2D eigenvalue weighted by atomic mass is 32.1. The molecule has 2 heterocycles. The number of carbonyl (C=O) groups is 8. The number of nitrogens with two attached hydrogens (primary N) is 3. The molecule has 75 heavy (non-hydrogen) atoms. The van der Waals surface area contributed by atoms with Crippen LogP contribution in [0.15, 0.2) is 91.3 Å². The quantitative estimate of drug-likeness (QED) is 0.0195. The Bertz CT molecular complexity index is 2760. The van der Waals surface area contributed by atoms with Gasteiger partial charge >= 0.3 is 0 Å². The maximum absolute atomic E-state index is 14.7. The lowest BCUT2D eigenvalue weighted by atomic mass is 10.0. The van der Waals surface area contributed by atoms with Gasteiger partial charge in [0.1, 0.15) is 42.3 Å². The van der Waals surface area contributed by atoms with E-state index in [1.807, 2.05) is 42.5 Å². The number of aromatic nitrogens is 2. The van der Waals surface area contributed by atoms with Crippen LogP contribution in [0.3, 0.4) is 0 Å². The van der Waals surface area contributed by atoms with Gasteiger partial charge in [-0.1, -0.05) is 66.7 Å². The van der Waals surface area contributed by atoms with Gasteiger partial charge < -0.3 is 74.6 Å². The minimum Gasteiger partial charge on any atom is -0.391 e. The highest BCUT2D eigenvalue weighted by molar-refractivity contribution is 7.80. The number of thiol groups is 2. The standard InChI is InChI=1S/C51H68N12O10S2/c1-27(64)42(44(54)66)62-50(72)41(26-75)61-51(73)43(28(2)65)63-46(68)37(18-10-11-19-52)57-48(70)39(22-31-24-56-36-17-9-7-15-33(31)36)59-47(69)38(20-29-12-4-3-5-13-29)58-49(71)40(25-74)60-45(67)34(53)21-30-23-55-35-16-8-6-14-32(30)35/h3-9,12-17,23-24,27-28,34,37-43,55-56,64-65,74-75H,10-11,18-22,25-26,52-53H2,1-2H3,(H2,54,66)(H,57,70)(H,58,71)(H,59,69)(H,60,67)(H,61,73)(H,62,72)(H,63,68)/t27-,28-,34-,37+,38+,39-,40+,41+,42+,43+/m1/s1. The maximum Gasteiger partial charge on any atom is 0.245 e. The van der Waals surface area contributed by atoms with E-state index in [4.69, 9.17) is 17.2 Å². The van der Waals surface area contributed by atoms with Crippen molar-refractivity contribution >= 4 is 94.3 Å². The lowest BCUT2D eigenvalue weighted by Gasteiger charge is -2.28. The molecule has 5 rings (SSSR count). The minimum absolute atomic E-state index is 0.0127. The first-order valence-corrected chi connectivity index (χ1v) is 25.7. The minimum atomic E-state index is -1.70. The smallest absolute Gasteiger partial charge is 0.245 e. The summed E-state index contributed by atoms with van der Waals surface area (Å²) in [4.78, 5) is 116. The first-order valence-electron chi connectivity index (χ1n) is 24.4. The van der Waals surface area contributed by atoms with Crippen molar-refractivity contribution in [2.45, 2.75) is 113 Å². The largest absolute Gasteiger partial charge is 0.391 e. The van der Waals surface area contributed by atoms with Gasteiger partial charge in [0.15, 0.2) is 0 Å². The van der Waals surface area contributed by atoms with E-state index in [1.165, 1.54) is 13.8 Å². The molecule has 24 heteroatoms. The molecular formula is C51H68N12O10S2. The SMILES string of the molecule is C[C@@H](O)[C@H](NC(=O)[C@H](CS)NC(=O)[C@@H](NC(=O)[C@H](CCCCN)NC(=O)[C@@H](Cc1c[nH]c2ccccc12)NC(=O)[C@H](Cc1ccccc1)NC(=O)[C@H](CS)NC(=O)[C@H](N)Cc1c[nH]c2ccccc12)[C@@H](C)O)C(N)=O. The number of aliphatic hydroxyl groups is 2. The number of H-pyrrole nitrogens is 2. The fraction of sp³-hybridized carbons (Fsp3) is 0.412. The van der Waals surface area contributed by atoms with E-state index in [1.54, 1.807) is 48.8 Å². The molecule has 0 fully saturated rings. The molecule has 0 saturated heterocycles. The Kier molecular flexibility index (Phi) is 22.5. The summed E-state index contributed by atoms with van der Waals surface area (Å²) in [6.45, 7) is 2.68. The third-order valence-corrected chi connectivity index (χ3v) is 13.2. The Balaban J connectivity index is 1.38. The van der Waals surface area contributed by atoms with E-state index < -0.39 is 108 Å². The lowest BCUT2D eigenvalue weighted by Crippen LogP contribution is -2.62. The molecule has 0 spiro atoms. The van der Waals surface area contributed by atoms with Crippen LogP contribution in [0.4, 0.5) is 0 Å². The van der Waals surface area contributed by atoms with Crippen molar-refractivity contribution in [1.82, 2.24) is 47.2 Å².